The Labute approximate surface area is 139 Å². The molecule has 1 aromatic carbocycles. The third-order valence-corrected chi connectivity index (χ3v) is 4.57. The maximum Gasteiger partial charge on any atom is 0.261 e. The average Bonchev–Trinajstić information content (AvgIpc) is 2.53. The standard InChI is InChI=1S/C18H22FN3O2/c19-13-8-9-16-15(10-13)18(24)22(12-20-16)11-17(23)21-14-6-4-2-1-3-5-7-14/h8-10,12,14H,1-7,11H2,(H,21,23). The summed E-state index contributed by atoms with van der Waals surface area (Å²) in [5.74, 6) is -0.682. The minimum absolute atomic E-state index is 0.0885. The second-order valence-electron chi connectivity index (χ2n) is 6.45. The first-order valence-electron chi connectivity index (χ1n) is 8.57. The lowest BCUT2D eigenvalue weighted by Crippen LogP contribution is -2.39. The van der Waals surface area contributed by atoms with Gasteiger partial charge in [0.2, 0.25) is 5.91 Å². The summed E-state index contributed by atoms with van der Waals surface area (Å²) in [6, 6.07) is 4.07. The molecule has 1 aromatic heterocycles. The van der Waals surface area contributed by atoms with Crippen LogP contribution in [0.2, 0.25) is 0 Å². The Kier molecular flexibility index (Phi) is 5.23. The molecule has 1 amide bonds. The highest BCUT2D eigenvalue weighted by molar-refractivity contribution is 5.79. The van der Waals surface area contributed by atoms with Crippen LogP contribution in [0.4, 0.5) is 4.39 Å². The molecule has 0 atom stereocenters. The van der Waals surface area contributed by atoms with E-state index in [0.29, 0.717) is 5.52 Å². The van der Waals surface area contributed by atoms with Crippen molar-refractivity contribution in [2.24, 2.45) is 0 Å². The van der Waals surface area contributed by atoms with Gasteiger partial charge in [-0.05, 0) is 31.0 Å². The predicted octanol–water partition coefficient (Wildman–Crippen LogP) is 2.76. The van der Waals surface area contributed by atoms with Crippen molar-refractivity contribution >= 4 is 16.8 Å². The van der Waals surface area contributed by atoms with E-state index in [1.54, 1.807) is 0 Å². The van der Waals surface area contributed by atoms with Crippen molar-refractivity contribution in [3.63, 3.8) is 0 Å². The van der Waals surface area contributed by atoms with E-state index >= 15 is 0 Å². The molecular weight excluding hydrogens is 309 g/mol. The zero-order chi connectivity index (χ0) is 16.9. The average molecular weight is 331 g/mol. The molecule has 0 saturated heterocycles. The Bertz CT molecular complexity index is 779. The number of carbonyl (C=O) groups is 1. The molecule has 128 valence electrons. The number of hydrogen-bond acceptors (Lipinski definition) is 3. The normalized spacial score (nSPS) is 16.5. The van der Waals surface area contributed by atoms with Crippen molar-refractivity contribution in [1.29, 1.82) is 0 Å². The third kappa shape index (κ3) is 3.99. The summed E-state index contributed by atoms with van der Waals surface area (Å²) in [6.07, 6.45) is 9.28. The second-order valence-corrected chi connectivity index (χ2v) is 6.45. The van der Waals surface area contributed by atoms with Gasteiger partial charge in [0.25, 0.3) is 5.56 Å². The molecule has 5 nitrogen and oxygen atoms in total. The molecule has 1 N–H and O–H groups in total. The molecule has 2 aromatic rings. The lowest BCUT2D eigenvalue weighted by molar-refractivity contribution is -0.122. The summed E-state index contributed by atoms with van der Waals surface area (Å²) in [7, 11) is 0. The molecule has 1 heterocycles. The van der Waals surface area contributed by atoms with Gasteiger partial charge in [0.1, 0.15) is 12.4 Å². The van der Waals surface area contributed by atoms with Crippen molar-refractivity contribution in [2.75, 3.05) is 0 Å². The van der Waals surface area contributed by atoms with E-state index in [-0.39, 0.29) is 23.9 Å². The summed E-state index contributed by atoms with van der Waals surface area (Å²) in [6.45, 7) is -0.0885. The predicted molar refractivity (Wildman–Crippen MR) is 90.2 cm³/mol. The van der Waals surface area contributed by atoms with Gasteiger partial charge >= 0.3 is 0 Å². The van der Waals surface area contributed by atoms with Gasteiger partial charge in [0.15, 0.2) is 0 Å². The first kappa shape index (κ1) is 16.6. The molecule has 24 heavy (non-hydrogen) atoms. The summed E-state index contributed by atoms with van der Waals surface area (Å²) in [4.78, 5) is 28.8. The van der Waals surface area contributed by atoms with Gasteiger partial charge in [-0.1, -0.05) is 32.1 Å². The molecule has 6 heteroatoms. The minimum atomic E-state index is -0.488. The van der Waals surface area contributed by atoms with Crippen LogP contribution in [-0.2, 0) is 11.3 Å². The third-order valence-electron chi connectivity index (χ3n) is 4.57. The topological polar surface area (TPSA) is 64.0 Å². The molecule has 1 aliphatic rings. The maximum absolute atomic E-state index is 13.3. The molecule has 0 aliphatic heterocycles. The molecule has 0 spiro atoms. The van der Waals surface area contributed by atoms with Crippen LogP contribution >= 0.6 is 0 Å². The largest absolute Gasteiger partial charge is 0.352 e. The summed E-state index contributed by atoms with van der Waals surface area (Å²) < 4.78 is 14.6. The number of aromatic nitrogens is 2. The smallest absolute Gasteiger partial charge is 0.261 e. The van der Waals surface area contributed by atoms with Crippen LogP contribution in [0.1, 0.15) is 44.9 Å². The van der Waals surface area contributed by atoms with Gasteiger partial charge < -0.3 is 5.32 Å². The highest BCUT2D eigenvalue weighted by Gasteiger charge is 2.15. The lowest BCUT2D eigenvalue weighted by atomic mass is 9.97. The van der Waals surface area contributed by atoms with Crippen molar-refractivity contribution in [3.8, 4) is 0 Å². The second kappa shape index (κ2) is 7.55. The van der Waals surface area contributed by atoms with Crippen LogP contribution in [0.25, 0.3) is 10.9 Å². The number of halogens is 1. The fraction of sp³-hybridized carbons (Fsp3) is 0.500. The molecule has 1 saturated carbocycles. The van der Waals surface area contributed by atoms with Crippen LogP contribution in [-0.4, -0.2) is 21.5 Å². The van der Waals surface area contributed by atoms with E-state index in [0.717, 1.165) is 31.7 Å². The minimum Gasteiger partial charge on any atom is -0.352 e. The van der Waals surface area contributed by atoms with Crippen molar-refractivity contribution < 1.29 is 9.18 Å². The Hall–Kier alpha value is -2.24. The van der Waals surface area contributed by atoms with E-state index in [9.17, 15) is 14.0 Å². The van der Waals surface area contributed by atoms with Gasteiger partial charge in [-0.3, -0.25) is 14.2 Å². The number of rotatable bonds is 3. The number of benzene rings is 1. The maximum atomic E-state index is 13.3. The zero-order valence-electron chi connectivity index (χ0n) is 13.6. The Morgan fingerprint density at radius 3 is 2.67 bits per heavy atom. The molecule has 0 radical (unpaired) electrons. The Morgan fingerprint density at radius 2 is 1.92 bits per heavy atom. The monoisotopic (exact) mass is 331 g/mol. The van der Waals surface area contributed by atoms with Gasteiger partial charge in [0.05, 0.1) is 17.2 Å². The van der Waals surface area contributed by atoms with Crippen molar-refractivity contribution in [2.45, 2.75) is 57.5 Å². The van der Waals surface area contributed by atoms with Gasteiger partial charge in [-0.25, -0.2) is 9.37 Å². The molecular formula is C18H22FN3O2. The number of nitrogens with one attached hydrogen (secondary N) is 1. The number of amides is 1. The molecule has 1 fully saturated rings. The van der Waals surface area contributed by atoms with E-state index in [1.807, 2.05) is 0 Å². The zero-order valence-corrected chi connectivity index (χ0v) is 13.6. The van der Waals surface area contributed by atoms with E-state index < -0.39 is 11.4 Å². The number of carbonyl (C=O) groups excluding carboxylic acids is 1. The van der Waals surface area contributed by atoms with E-state index in [4.69, 9.17) is 0 Å². The van der Waals surface area contributed by atoms with Crippen LogP contribution in [0.5, 0.6) is 0 Å². The van der Waals surface area contributed by atoms with Crippen molar-refractivity contribution in [1.82, 2.24) is 14.9 Å². The fourth-order valence-corrected chi connectivity index (χ4v) is 3.27. The van der Waals surface area contributed by atoms with Crippen LogP contribution in [0, 0.1) is 5.82 Å². The quantitative estimate of drug-likeness (QED) is 0.940. The number of nitrogens with zero attached hydrogens (tertiary/aromatic N) is 2. The molecule has 0 bridgehead atoms. The van der Waals surface area contributed by atoms with Gasteiger partial charge in [-0.15, -0.1) is 0 Å². The SMILES string of the molecule is O=C(Cn1cnc2ccc(F)cc2c1=O)NC1CCCCCCC1. The fourth-order valence-electron chi connectivity index (χ4n) is 3.27. The van der Waals surface area contributed by atoms with Crippen LogP contribution in [0.15, 0.2) is 29.3 Å². The highest BCUT2D eigenvalue weighted by atomic mass is 19.1. The number of fused-ring (bicyclic) bond motifs is 1. The summed E-state index contributed by atoms with van der Waals surface area (Å²) in [5.41, 5.74) is 0.0328. The highest BCUT2D eigenvalue weighted by Crippen LogP contribution is 2.17. The first-order valence-corrected chi connectivity index (χ1v) is 8.57. The van der Waals surface area contributed by atoms with Gasteiger partial charge in [-0.2, -0.15) is 0 Å². The van der Waals surface area contributed by atoms with E-state index in [1.165, 1.54) is 42.3 Å². The molecule has 0 unspecified atom stereocenters. The summed E-state index contributed by atoms with van der Waals surface area (Å²) >= 11 is 0. The lowest BCUT2D eigenvalue weighted by Gasteiger charge is -2.21. The Balaban J connectivity index is 1.70. The molecule has 1 aliphatic carbocycles. The Morgan fingerprint density at radius 1 is 1.21 bits per heavy atom. The number of hydrogen-bond donors (Lipinski definition) is 1. The molecule has 3 rings (SSSR count). The van der Waals surface area contributed by atoms with E-state index in [2.05, 4.69) is 10.3 Å². The first-order chi connectivity index (χ1) is 11.6. The summed E-state index contributed by atoms with van der Waals surface area (Å²) in [5, 5.41) is 3.21. The van der Waals surface area contributed by atoms with Crippen molar-refractivity contribution in [3.05, 3.63) is 40.7 Å². The van der Waals surface area contributed by atoms with Crippen LogP contribution in [0.3, 0.4) is 0 Å². The van der Waals surface area contributed by atoms with Gasteiger partial charge in [0, 0.05) is 6.04 Å². The van der Waals surface area contributed by atoms with Crippen LogP contribution < -0.4 is 10.9 Å².